The molecule has 3 aromatic rings. The molecule has 8 heteroatoms. The Morgan fingerprint density at radius 3 is 2.41 bits per heavy atom. The van der Waals surface area contributed by atoms with E-state index in [2.05, 4.69) is 15.1 Å². The van der Waals surface area contributed by atoms with Gasteiger partial charge in [-0.2, -0.15) is 0 Å². The molecule has 4 rings (SSSR count). The monoisotopic (exact) mass is 402 g/mol. The average Bonchev–Trinajstić information content (AvgIpc) is 3.25. The molecule has 1 fully saturated rings. The van der Waals surface area contributed by atoms with Crippen molar-refractivity contribution in [3.63, 3.8) is 0 Å². The van der Waals surface area contributed by atoms with Crippen LogP contribution in [0.5, 0.6) is 0 Å². The predicted octanol–water partition coefficient (Wildman–Crippen LogP) is 4.01. The molecule has 27 heavy (non-hydrogen) atoms. The van der Waals surface area contributed by atoms with Gasteiger partial charge in [-0.25, -0.2) is 0 Å². The van der Waals surface area contributed by atoms with Crippen LogP contribution in [0, 0.1) is 0 Å². The number of nitrogens with zero attached hydrogens (tertiary/aromatic N) is 4. The zero-order valence-electron chi connectivity index (χ0n) is 14.3. The highest BCUT2D eigenvalue weighted by atomic mass is 35.5. The Labute approximate surface area is 166 Å². The Morgan fingerprint density at radius 2 is 1.78 bits per heavy atom. The van der Waals surface area contributed by atoms with Crippen LogP contribution in [-0.2, 0) is 0 Å². The van der Waals surface area contributed by atoms with Crippen LogP contribution < -0.4 is 4.90 Å². The fourth-order valence-corrected chi connectivity index (χ4v) is 3.30. The fraction of sp³-hybridized carbons (Fsp3) is 0.211. The van der Waals surface area contributed by atoms with Crippen molar-refractivity contribution in [2.45, 2.75) is 0 Å². The van der Waals surface area contributed by atoms with Gasteiger partial charge < -0.3 is 14.2 Å². The molecule has 138 valence electrons. The molecular weight excluding hydrogens is 387 g/mol. The lowest BCUT2D eigenvalue weighted by molar-refractivity contribution is 0.0746. The van der Waals surface area contributed by atoms with E-state index in [1.54, 1.807) is 29.4 Å². The van der Waals surface area contributed by atoms with E-state index in [4.69, 9.17) is 27.6 Å². The lowest BCUT2D eigenvalue weighted by Crippen LogP contribution is -2.49. The van der Waals surface area contributed by atoms with E-state index < -0.39 is 0 Å². The number of benzene rings is 1. The second-order valence-electron chi connectivity index (χ2n) is 6.16. The van der Waals surface area contributed by atoms with Crippen LogP contribution in [0.3, 0.4) is 0 Å². The third kappa shape index (κ3) is 3.77. The van der Waals surface area contributed by atoms with Crippen molar-refractivity contribution in [3.05, 3.63) is 64.3 Å². The van der Waals surface area contributed by atoms with Crippen LogP contribution in [0.25, 0.3) is 11.5 Å². The minimum atomic E-state index is -0.0486. The molecule has 0 N–H and O–H groups in total. The van der Waals surface area contributed by atoms with Crippen LogP contribution >= 0.6 is 23.2 Å². The second kappa shape index (κ2) is 7.58. The third-order valence-electron chi connectivity index (χ3n) is 4.48. The summed E-state index contributed by atoms with van der Waals surface area (Å²) in [6.45, 7) is 2.56. The van der Waals surface area contributed by atoms with Crippen LogP contribution in [0.15, 0.2) is 53.1 Å². The summed E-state index contributed by atoms with van der Waals surface area (Å²) in [7, 11) is 0. The number of aromatic nitrogens is 2. The maximum Gasteiger partial charge on any atom is 0.254 e. The number of halogens is 2. The highest BCUT2D eigenvalue weighted by Crippen LogP contribution is 2.24. The summed E-state index contributed by atoms with van der Waals surface area (Å²) >= 11 is 11.9. The SMILES string of the molecule is O=C(c1ccc(Cl)c(Cl)c1)N1CCN(c2ccc(-c3ccco3)nn2)CC1. The molecule has 0 saturated carbocycles. The van der Waals surface area contributed by atoms with Gasteiger partial charge in [-0.3, -0.25) is 4.79 Å². The number of piperazine rings is 1. The molecule has 1 aromatic carbocycles. The average molecular weight is 403 g/mol. The van der Waals surface area contributed by atoms with Crippen LogP contribution in [0.2, 0.25) is 10.0 Å². The number of carbonyl (C=O) groups excluding carboxylic acids is 1. The molecule has 1 amide bonds. The fourth-order valence-electron chi connectivity index (χ4n) is 3.00. The summed E-state index contributed by atoms with van der Waals surface area (Å²) in [6, 6.07) is 12.4. The predicted molar refractivity (Wildman–Crippen MR) is 104 cm³/mol. The highest BCUT2D eigenvalue weighted by molar-refractivity contribution is 6.42. The van der Waals surface area contributed by atoms with Gasteiger partial charge >= 0.3 is 0 Å². The summed E-state index contributed by atoms with van der Waals surface area (Å²) in [6.07, 6.45) is 1.61. The van der Waals surface area contributed by atoms with E-state index in [9.17, 15) is 4.79 Å². The standard InChI is InChI=1S/C19H16Cl2N4O2/c20-14-4-3-13(12-15(14)21)19(26)25-9-7-24(8-10-25)18-6-5-16(22-23-18)17-2-1-11-27-17/h1-6,11-12H,7-10H2. The van der Waals surface area contributed by atoms with E-state index >= 15 is 0 Å². The zero-order chi connectivity index (χ0) is 18.8. The van der Waals surface area contributed by atoms with Crippen molar-refractivity contribution in [1.82, 2.24) is 15.1 Å². The van der Waals surface area contributed by atoms with E-state index in [1.807, 2.05) is 24.3 Å². The molecular formula is C19H16Cl2N4O2. The third-order valence-corrected chi connectivity index (χ3v) is 5.22. The largest absolute Gasteiger partial charge is 0.463 e. The summed E-state index contributed by atoms with van der Waals surface area (Å²) < 4.78 is 5.33. The molecule has 0 aliphatic carbocycles. The van der Waals surface area contributed by atoms with Gasteiger partial charge in [-0.05, 0) is 42.5 Å². The molecule has 6 nitrogen and oxygen atoms in total. The second-order valence-corrected chi connectivity index (χ2v) is 6.98. The molecule has 0 spiro atoms. The van der Waals surface area contributed by atoms with Crippen LogP contribution in [0.4, 0.5) is 5.82 Å². The van der Waals surface area contributed by atoms with Gasteiger partial charge in [0, 0.05) is 31.7 Å². The molecule has 3 heterocycles. The molecule has 1 aliphatic rings. The minimum Gasteiger partial charge on any atom is -0.463 e. The smallest absolute Gasteiger partial charge is 0.254 e. The maximum atomic E-state index is 12.6. The Kier molecular flexibility index (Phi) is 5.01. The molecule has 1 saturated heterocycles. The van der Waals surface area contributed by atoms with Crippen molar-refractivity contribution in [2.75, 3.05) is 31.1 Å². The van der Waals surface area contributed by atoms with Gasteiger partial charge in [0.1, 0.15) is 5.69 Å². The van der Waals surface area contributed by atoms with Crippen molar-refractivity contribution in [2.24, 2.45) is 0 Å². The van der Waals surface area contributed by atoms with E-state index in [0.717, 1.165) is 5.82 Å². The number of furan rings is 1. The first-order valence-corrected chi connectivity index (χ1v) is 9.24. The van der Waals surface area contributed by atoms with Crippen molar-refractivity contribution < 1.29 is 9.21 Å². The lowest BCUT2D eigenvalue weighted by Gasteiger charge is -2.35. The Balaban J connectivity index is 1.39. The number of hydrogen-bond donors (Lipinski definition) is 0. The topological polar surface area (TPSA) is 62.5 Å². The maximum absolute atomic E-state index is 12.6. The molecule has 0 atom stereocenters. The quantitative estimate of drug-likeness (QED) is 0.662. The minimum absolute atomic E-state index is 0.0486. The molecule has 2 aromatic heterocycles. The lowest BCUT2D eigenvalue weighted by atomic mass is 10.2. The first-order valence-electron chi connectivity index (χ1n) is 8.49. The van der Waals surface area contributed by atoms with Crippen LogP contribution in [0.1, 0.15) is 10.4 Å². The van der Waals surface area contributed by atoms with Gasteiger partial charge in [0.25, 0.3) is 5.91 Å². The van der Waals surface area contributed by atoms with Crippen molar-refractivity contribution in [3.8, 4) is 11.5 Å². The van der Waals surface area contributed by atoms with Gasteiger partial charge in [-0.15, -0.1) is 10.2 Å². The summed E-state index contributed by atoms with van der Waals surface area (Å²) in [5.74, 6) is 1.42. The van der Waals surface area contributed by atoms with E-state index in [1.165, 1.54) is 0 Å². The van der Waals surface area contributed by atoms with Gasteiger partial charge in [0.05, 0.1) is 16.3 Å². The van der Waals surface area contributed by atoms with Crippen LogP contribution in [-0.4, -0.2) is 47.2 Å². The number of rotatable bonds is 3. The van der Waals surface area contributed by atoms with E-state index in [-0.39, 0.29) is 5.91 Å². The normalized spacial score (nSPS) is 14.4. The van der Waals surface area contributed by atoms with Gasteiger partial charge in [0.15, 0.2) is 11.6 Å². The summed E-state index contributed by atoms with van der Waals surface area (Å²) in [5, 5.41) is 9.33. The Bertz CT molecular complexity index is 937. The first-order chi connectivity index (χ1) is 13.1. The van der Waals surface area contributed by atoms with Crippen molar-refractivity contribution >= 4 is 34.9 Å². The van der Waals surface area contributed by atoms with Gasteiger partial charge in [0.2, 0.25) is 0 Å². The highest BCUT2D eigenvalue weighted by Gasteiger charge is 2.23. The molecule has 0 unspecified atom stereocenters. The first kappa shape index (κ1) is 17.8. The Morgan fingerprint density at radius 1 is 0.963 bits per heavy atom. The summed E-state index contributed by atoms with van der Waals surface area (Å²) in [5.41, 5.74) is 1.23. The summed E-state index contributed by atoms with van der Waals surface area (Å²) in [4.78, 5) is 16.6. The number of amides is 1. The molecule has 0 radical (unpaired) electrons. The number of carbonyl (C=O) groups is 1. The zero-order valence-corrected chi connectivity index (χ0v) is 15.8. The van der Waals surface area contributed by atoms with E-state index in [0.29, 0.717) is 53.2 Å². The number of hydrogen-bond acceptors (Lipinski definition) is 5. The molecule has 0 bridgehead atoms. The van der Waals surface area contributed by atoms with Crippen molar-refractivity contribution in [1.29, 1.82) is 0 Å². The van der Waals surface area contributed by atoms with Gasteiger partial charge in [-0.1, -0.05) is 23.2 Å². The number of anilines is 1. The Hall–Kier alpha value is -2.57. The molecule has 1 aliphatic heterocycles.